The maximum Gasteiger partial charge on any atom is 0.303 e. The molecule has 0 aromatic carbocycles. The van der Waals surface area contributed by atoms with Gasteiger partial charge in [-0.3, -0.25) is 9.59 Å². The van der Waals surface area contributed by atoms with E-state index in [1.807, 2.05) is 0 Å². The van der Waals surface area contributed by atoms with Crippen molar-refractivity contribution in [2.24, 2.45) is 0 Å². The van der Waals surface area contributed by atoms with E-state index in [0.29, 0.717) is 0 Å². The van der Waals surface area contributed by atoms with E-state index >= 15 is 0 Å². The van der Waals surface area contributed by atoms with Gasteiger partial charge >= 0.3 is 5.97 Å². The molecule has 1 aliphatic rings. The second-order valence-electron chi connectivity index (χ2n) is 4.04. The van der Waals surface area contributed by atoms with Gasteiger partial charge in [-0.25, -0.2) is 0 Å². The fraction of sp³-hybridized carbons (Fsp3) is 0.800. The molecule has 0 aromatic rings. The summed E-state index contributed by atoms with van der Waals surface area (Å²) in [6.07, 6.45) is -5.11. The molecule has 1 fully saturated rings. The predicted octanol–water partition coefficient (Wildman–Crippen LogP) is -2.51. The molecule has 0 radical (unpaired) electrons. The lowest BCUT2D eigenvalue weighted by molar-refractivity contribution is -0.258. The quantitative estimate of drug-likeness (QED) is 0.414. The Morgan fingerprint density at radius 2 is 1.94 bits per heavy atom. The van der Waals surface area contributed by atoms with Gasteiger partial charge in [0, 0.05) is 13.8 Å². The lowest BCUT2D eigenvalue weighted by Crippen LogP contribution is -2.65. The van der Waals surface area contributed by atoms with Gasteiger partial charge in [-0.15, -0.1) is 0 Å². The van der Waals surface area contributed by atoms with Crippen LogP contribution in [-0.4, -0.2) is 64.4 Å². The molecule has 8 nitrogen and oxygen atoms in total. The predicted molar refractivity (Wildman–Crippen MR) is 57.1 cm³/mol. The zero-order valence-corrected chi connectivity index (χ0v) is 10.1. The Hall–Kier alpha value is -1.22. The molecule has 1 rings (SSSR count). The maximum atomic E-state index is 11.0. The van der Waals surface area contributed by atoms with Crippen LogP contribution in [0, 0.1) is 0 Å². The van der Waals surface area contributed by atoms with Gasteiger partial charge < -0.3 is 30.1 Å². The molecule has 0 aliphatic carbocycles. The first kappa shape index (κ1) is 14.8. The van der Waals surface area contributed by atoms with Crippen LogP contribution >= 0.6 is 0 Å². The number of rotatable bonds is 3. The van der Waals surface area contributed by atoms with Crippen molar-refractivity contribution < 1.29 is 34.4 Å². The normalized spacial score (nSPS) is 35.9. The number of nitrogens with one attached hydrogen (secondary N) is 1. The van der Waals surface area contributed by atoms with E-state index in [-0.39, 0.29) is 0 Å². The summed E-state index contributed by atoms with van der Waals surface area (Å²) in [7, 11) is 0. The third-order valence-corrected chi connectivity index (χ3v) is 2.54. The van der Waals surface area contributed by atoms with Gasteiger partial charge in [-0.05, 0) is 0 Å². The van der Waals surface area contributed by atoms with Gasteiger partial charge in [0.1, 0.15) is 18.2 Å². The van der Waals surface area contributed by atoms with Crippen molar-refractivity contribution >= 4 is 11.9 Å². The van der Waals surface area contributed by atoms with E-state index in [1.165, 1.54) is 6.92 Å². The molecule has 1 heterocycles. The van der Waals surface area contributed by atoms with Crippen molar-refractivity contribution in [2.45, 2.75) is 44.5 Å². The van der Waals surface area contributed by atoms with Crippen molar-refractivity contribution in [3.63, 3.8) is 0 Å². The SMILES string of the molecule is CC(=O)N[C@@H]1[C@@H](OC(C)=O)[C@H](O)[C@H](CO)O[C@@H]1O. The van der Waals surface area contributed by atoms with Crippen LogP contribution in [0.15, 0.2) is 0 Å². The maximum absolute atomic E-state index is 11.0. The average molecular weight is 263 g/mol. The second kappa shape index (κ2) is 6.10. The van der Waals surface area contributed by atoms with Gasteiger partial charge in [-0.2, -0.15) is 0 Å². The molecule has 1 saturated heterocycles. The summed E-state index contributed by atoms with van der Waals surface area (Å²) in [5.41, 5.74) is 0. The summed E-state index contributed by atoms with van der Waals surface area (Å²) < 4.78 is 9.79. The highest BCUT2D eigenvalue weighted by molar-refractivity contribution is 5.73. The Labute approximate surface area is 104 Å². The molecule has 0 saturated carbocycles. The van der Waals surface area contributed by atoms with E-state index in [4.69, 9.17) is 14.6 Å². The van der Waals surface area contributed by atoms with E-state index in [1.54, 1.807) is 0 Å². The average Bonchev–Trinajstić information content (AvgIpc) is 2.27. The zero-order valence-electron chi connectivity index (χ0n) is 10.1. The van der Waals surface area contributed by atoms with Crippen LogP contribution in [0.3, 0.4) is 0 Å². The third kappa shape index (κ3) is 3.39. The van der Waals surface area contributed by atoms with Gasteiger partial charge in [0.15, 0.2) is 12.4 Å². The number of esters is 1. The van der Waals surface area contributed by atoms with Crippen LogP contribution in [0.25, 0.3) is 0 Å². The smallest absolute Gasteiger partial charge is 0.303 e. The minimum Gasteiger partial charge on any atom is -0.457 e. The lowest BCUT2D eigenvalue weighted by Gasteiger charge is -2.41. The molecule has 5 atom stereocenters. The molecule has 0 unspecified atom stereocenters. The van der Waals surface area contributed by atoms with Crippen LogP contribution in [0.1, 0.15) is 13.8 Å². The van der Waals surface area contributed by atoms with Crippen molar-refractivity contribution in [3.8, 4) is 0 Å². The number of amides is 1. The fourth-order valence-corrected chi connectivity index (χ4v) is 1.80. The Bertz CT molecular complexity index is 321. The number of ether oxygens (including phenoxy) is 2. The minimum atomic E-state index is -1.49. The van der Waals surface area contributed by atoms with Crippen LogP contribution in [0.4, 0.5) is 0 Å². The highest BCUT2D eigenvalue weighted by Gasteiger charge is 2.46. The topological polar surface area (TPSA) is 125 Å². The Morgan fingerprint density at radius 3 is 2.39 bits per heavy atom. The molecular weight excluding hydrogens is 246 g/mol. The molecule has 1 aliphatic heterocycles. The molecule has 4 N–H and O–H groups in total. The molecule has 18 heavy (non-hydrogen) atoms. The Balaban J connectivity index is 2.89. The molecule has 1 amide bonds. The number of carbonyl (C=O) groups excluding carboxylic acids is 2. The van der Waals surface area contributed by atoms with Gasteiger partial charge in [0.05, 0.1) is 6.61 Å². The summed E-state index contributed by atoms with van der Waals surface area (Å²) >= 11 is 0. The molecule has 104 valence electrons. The number of hydrogen-bond acceptors (Lipinski definition) is 7. The van der Waals surface area contributed by atoms with Crippen molar-refractivity contribution in [3.05, 3.63) is 0 Å². The van der Waals surface area contributed by atoms with Crippen molar-refractivity contribution in [1.82, 2.24) is 5.32 Å². The third-order valence-electron chi connectivity index (χ3n) is 2.54. The minimum absolute atomic E-state index is 0.477. The van der Waals surface area contributed by atoms with Gasteiger partial charge in [0.2, 0.25) is 5.91 Å². The standard InChI is InChI=1S/C10H17NO7/c1-4(13)11-7-9(17-5(2)14)8(15)6(3-12)18-10(7)16/h6-10,12,15-16H,3H2,1-2H3,(H,11,13)/t6-,7+,8+,9+,10-/m0/s1. The number of aliphatic hydroxyl groups is 3. The van der Waals surface area contributed by atoms with Crippen molar-refractivity contribution in [1.29, 1.82) is 0 Å². The first-order valence-corrected chi connectivity index (χ1v) is 5.43. The van der Waals surface area contributed by atoms with Gasteiger partial charge in [-0.1, -0.05) is 0 Å². The second-order valence-corrected chi connectivity index (χ2v) is 4.04. The van der Waals surface area contributed by atoms with Crippen LogP contribution in [0.5, 0.6) is 0 Å². The monoisotopic (exact) mass is 263 g/mol. The largest absolute Gasteiger partial charge is 0.457 e. The summed E-state index contributed by atoms with van der Waals surface area (Å²) in [5.74, 6) is -1.16. The fourth-order valence-electron chi connectivity index (χ4n) is 1.80. The van der Waals surface area contributed by atoms with Crippen LogP contribution < -0.4 is 5.32 Å². The van der Waals surface area contributed by atoms with Crippen molar-refractivity contribution in [2.75, 3.05) is 6.61 Å². The zero-order chi connectivity index (χ0) is 13.9. The summed E-state index contributed by atoms with van der Waals surface area (Å²) in [6, 6.07) is -1.09. The lowest BCUT2D eigenvalue weighted by atomic mass is 9.96. The Morgan fingerprint density at radius 1 is 1.33 bits per heavy atom. The first-order chi connectivity index (χ1) is 8.36. The molecule has 0 spiro atoms. The number of aliphatic hydroxyl groups excluding tert-OH is 3. The highest BCUT2D eigenvalue weighted by Crippen LogP contribution is 2.22. The van der Waals surface area contributed by atoms with E-state index in [0.717, 1.165) is 6.92 Å². The van der Waals surface area contributed by atoms with E-state index in [2.05, 4.69) is 5.32 Å². The summed E-state index contributed by atoms with van der Waals surface area (Å²) in [6.45, 7) is 1.79. The number of carbonyl (C=O) groups is 2. The summed E-state index contributed by atoms with van der Waals surface area (Å²) in [4.78, 5) is 22.0. The number of hydrogen-bond donors (Lipinski definition) is 4. The van der Waals surface area contributed by atoms with Crippen LogP contribution in [-0.2, 0) is 19.1 Å². The van der Waals surface area contributed by atoms with E-state index < -0.39 is 49.1 Å². The molecule has 0 aromatic heterocycles. The van der Waals surface area contributed by atoms with Gasteiger partial charge in [0.25, 0.3) is 0 Å². The summed E-state index contributed by atoms with van der Waals surface area (Å²) in [5, 5.41) is 30.8. The van der Waals surface area contributed by atoms with E-state index in [9.17, 15) is 19.8 Å². The molecule has 8 heteroatoms. The Kier molecular flexibility index (Phi) is 5.03. The molecule has 0 bridgehead atoms. The molecular formula is C10H17NO7. The first-order valence-electron chi connectivity index (χ1n) is 5.43. The highest BCUT2D eigenvalue weighted by atomic mass is 16.6. The van der Waals surface area contributed by atoms with Crippen LogP contribution in [0.2, 0.25) is 0 Å².